The third kappa shape index (κ3) is 2.06. The SMILES string of the molecule is NC(N)=Nc1nc2c(s1)CN(C(=O)O)CC2. The minimum atomic E-state index is -0.914. The molecule has 0 unspecified atom stereocenters. The molecule has 1 aliphatic rings. The first-order valence-corrected chi connectivity index (χ1v) is 5.44. The standard InChI is InChI=1S/C8H11N5O2S/c9-6(10)12-7-11-4-1-2-13(8(14)15)3-5(4)16-7/h1-3H2,(H,14,15)(H4,9,10,11,12). The molecule has 0 saturated carbocycles. The normalized spacial score (nSPS) is 14.4. The molecule has 2 heterocycles. The van der Waals surface area contributed by atoms with E-state index in [1.54, 1.807) is 0 Å². The van der Waals surface area contributed by atoms with Gasteiger partial charge in [0, 0.05) is 17.8 Å². The van der Waals surface area contributed by atoms with Gasteiger partial charge >= 0.3 is 6.09 Å². The summed E-state index contributed by atoms with van der Waals surface area (Å²) in [7, 11) is 0. The number of hydrogen-bond donors (Lipinski definition) is 3. The predicted octanol–water partition coefficient (Wildman–Crippen LogP) is 0.0841. The Kier molecular flexibility index (Phi) is 2.65. The zero-order chi connectivity index (χ0) is 11.7. The molecule has 1 aromatic rings. The van der Waals surface area contributed by atoms with Crippen LogP contribution in [0, 0.1) is 0 Å². The summed E-state index contributed by atoms with van der Waals surface area (Å²) < 4.78 is 0. The van der Waals surface area contributed by atoms with E-state index in [2.05, 4.69) is 9.98 Å². The Morgan fingerprint density at radius 3 is 2.94 bits per heavy atom. The van der Waals surface area contributed by atoms with E-state index in [9.17, 15) is 4.79 Å². The summed E-state index contributed by atoms with van der Waals surface area (Å²) in [6, 6.07) is 0. The fourth-order valence-electron chi connectivity index (χ4n) is 1.50. The van der Waals surface area contributed by atoms with E-state index < -0.39 is 6.09 Å². The number of thiazole rings is 1. The van der Waals surface area contributed by atoms with Crippen LogP contribution in [0.1, 0.15) is 10.6 Å². The molecule has 1 aliphatic heterocycles. The zero-order valence-corrected chi connectivity index (χ0v) is 9.20. The quantitative estimate of drug-likeness (QED) is 0.475. The van der Waals surface area contributed by atoms with Crippen molar-refractivity contribution in [3.05, 3.63) is 10.6 Å². The van der Waals surface area contributed by atoms with E-state index in [0.29, 0.717) is 24.6 Å². The van der Waals surface area contributed by atoms with E-state index in [0.717, 1.165) is 10.6 Å². The van der Waals surface area contributed by atoms with Crippen molar-refractivity contribution in [3.8, 4) is 0 Å². The van der Waals surface area contributed by atoms with E-state index in [4.69, 9.17) is 16.6 Å². The van der Waals surface area contributed by atoms with Gasteiger partial charge in [0.25, 0.3) is 0 Å². The van der Waals surface area contributed by atoms with E-state index in [1.165, 1.54) is 16.2 Å². The van der Waals surface area contributed by atoms with Crippen LogP contribution in [-0.4, -0.2) is 33.6 Å². The highest BCUT2D eigenvalue weighted by atomic mass is 32.1. The molecule has 0 saturated heterocycles. The summed E-state index contributed by atoms with van der Waals surface area (Å²) in [5.74, 6) is -0.0406. The number of nitrogens with zero attached hydrogens (tertiary/aromatic N) is 3. The van der Waals surface area contributed by atoms with Crippen molar-refractivity contribution in [1.29, 1.82) is 0 Å². The van der Waals surface area contributed by atoms with E-state index in [-0.39, 0.29) is 5.96 Å². The Morgan fingerprint density at radius 1 is 1.56 bits per heavy atom. The van der Waals surface area contributed by atoms with Gasteiger partial charge in [-0.15, -0.1) is 0 Å². The maximum atomic E-state index is 10.8. The predicted molar refractivity (Wildman–Crippen MR) is 59.7 cm³/mol. The van der Waals surface area contributed by atoms with Crippen molar-refractivity contribution >= 4 is 28.5 Å². The molecule has 8 heteroatoms. The summed E-state index contributed by atoms with van der Waals surface area (Å²) in [6.07, 6.45) is -0.305. The van der Waals surface area contributed by atoms with Crippen molar-refractivity contribution in [3.63, 3.8) is 0 Å². The highest BCUT2D eigenvalue weighted by molar-refractivity contribution is 7.15. The number of aliphatic imine (C=N–C) groups is 1. The first kappa shape index (κ1) is 10.7. The van der Waals surface area contributed by atoms with Crippen LogP contribution >= 0.6 is 11.3 Å². The average Bonchev–Trinajstić information content (AvgIpc) is 2.56. The zero-order valence-electron chi connectivity index (χ0n) is 8.38. The molecule has 0 spiro atoms. The topological polar surface area (TPSA) is 118 Å². The lowest BCUT2D eigenvalue weighted by atomic mass is 10.2. The minimum absolute atomic E-state index is 0.0406. The summed E-state index contributed by atoms with van der Waals surface area (Å²) in [4.78, 5) is 21.1. The van der Waals surface area contributed by atoms with Crippen molar-refractivity contribution < 1.29 is 9.90 Å². The third-order valence-electron chi connectivity index (χ3n) is 2.22. The highest BCUT2D eigenvalue weighted by Crippen LogP contribution is 2.29. The molecule has 0 aromatic carbocycles. The number of carbonyl (C=O) groups is 1. The lowest BCUT2D eigenvalue weighted by molar-refractivity contribution is 0.140. The fourth-order valence-corrected chi connectivity index (χ4v) is 2.52. The van der Waals surface area contributed by atoms with Crippen LogP contribution < -0.4 is 11.5 Å². The second kappa shape index (κ2) is 3.97. The van der Waals surface area contributed by atoms with Crippen molar-refractivity contribution in [2.24, 2.45) is 16.5 Å². The van der Waals surface area contributed by atoms with E-state index in [1.807, 2.05) is 0 Å². The molecule has 0 radical (unpaired) electrons. The highest BCUT2D eigenvalue weighted by Gasteiger charge is 2.23. The van der Waals surface area contributed by atoms with Crippen LogP contribution in [0.25, 0.3) is 0 Å². The van der Waals surface area contributed by atoms with Gasteiger partial charge in [0.15, 0.2) is 5.96 Å². The number of fused-ring (bicyclic) bond motifs is 1. The third-order valence-corrected chi connectivity index (χ3v) is 3.19. The molecule has 0 atom stereocenters. The van der Waals surface area contributed by atoms with Gasteiger partial charge in [-0.25, -0.2) is 9.78 Å². The van der Waals surface area contributed by atoms with Gasteiger partial charge in [-0.3, -0.25) is 0 Å². The van der Waals surface area contributed by atoms with Crippen LogP contribution in [0.3, 0.4) is 0 Å². The summed E-state index contributed by atoms with van der Waals surface area (Å²) in [5, 5.41) is 9.34. The molecule has 1 aromatic heterocycles. The number of nitrogens with two attached hydrogens (primary N) is 2. The average molecular weight is 241 g/mol. The van der Waals surface area contributed by atoms with Gasteiger partial charge in [-0.2, -0.15) is 4.99 Å². The second-order valence-corrected chi connectivity index (χ2v) is 4.42. The Morgan fingerprint density at radius 2 is 2.31 bits per heavy atom. The summed E-state index contributed by atoms with van der Waals surface area (Å²) in [6.45, 7) is 0.829. The van der Waals surface area contributed by atoms with Crippen LogP contribution in [0.4, 0.5) is 9.93 Å². The largest absolute Gasteiger partial charge is 0.465 e. The van der Waals surface area contributed by atoms with Crippen LogP contribution in [0.15, 0.2) is 4.99 Å². The molecular weight excluding hydrogens is 230 g/mol. The molecule has 0 bridgehead atoms. The first-order chi connectivity index (χ1) is 7.56. The smallest absolute Gasteiger partial charge is 0.407 e. The van der Waals surface area contributed by atoms with Gasteiger partial charge in [0.05, 0.1) is 12.2 Å². The molecule has 86 valence electrons. The van der Waals surface area contributed by atoms with Gasteiger partial charge in [0.1, 0.15) is 0 Å². The second-order valence-electron chi connectivity index (χ2n) is 3.36. The van der Waals surface area contributed by atoms with Crippen LogP contribution in [0.2, 0.25) is 0 Å². The monoisotopic (exact) mass is 241 g/mol. The number of rotatable bonds is 1. The van der Waals surface area contributed by atoms with Crippen LogP contribution in [-0.2, 0) is 13.0 Å². The lowest BCUT2D eigenvalue weighted by Gasteiger charge is -2.22. The van der Waals surface area contributed by atoms with Crippen molar-refractivity contribution in [2.45, 2.75) is 13.0 Å². The Hall–Kier alpha value is -1.83. The van der Waals surface area contributed by atoms with E-state index >= 15 is 0 Å². The van der Waals surface area contributed by atoms with Gasteiger partial charge < -0.3 is 21.5 Å². The number of amides is 1. The summed E-state index contributed by atoms with van der Waals surface area (Å²) >= 11 is 1.32. The lowest BCUT2D eigenvalue weighted by Crippen LogP contribution is -2.34. The molecular formula is C8H11N5O2S. The first-order valence-electron chi connectivity index (χ1n) is 4.62. The Bertz CT molecular complexity index is 451. The molecule has 2 rings (SSSR count). The maximum Gasteiger partial charge on any atom is 0.407 e. The van der Waals surface area contributed by atoms with Gasteiger partial charge in [-0.05, 0) is 0 Å². The maximum absolute atomic E-state index is 10.8. The van der Waals surface area contributed by atoms with Gasteiger partial charge in [0.2, 0.25) is 5.13 Å². The van der Waals surface area contributed by atoms with Crippen molar-refractivity contribution in [1.82, 2.24) is 9.88 Å². The van der Waals surface area contributed by atoms with Crippen LogP contribution in [0.5, 0.6) is 0 Å². The summed E-state index contributed by atoms with van der Waals surface area (Å²) in [5.41, 5.74) is 11.4. The Labute approximate surface area is 95.4 Å². The molecule has 0 fully saturated rings. The number of guanidine groups is 1. The van der Waals surface area contributed by atoms with Crippen molar-refractivity contribution in [2.75, 3.05) is 6.54 Å². The number of hydrogen-bond acceptors (Lipinski definition) is 4. The molecule has 7 nitrogen and oxygen atoms in total. The fraction of sp³-hybridized carbons (Fsp3) is 0.375. The Balaban J connectivity index is 2.23. The molecule has 5 N–H and O–H groups in total. The van der Waals surface area contributed by atoms with Gasteiger partial charge in [-0.1, -0.05) is 11.3 Å². The molecule has 0 aliphatic carbocycles. The molecule has 1 amide bonds. The number of carboxylic acid groups (broad SMARTS) is 1. The minimum Gasteiger partial charge on any atom is -0.465 e. The number of aromatic nitrogens is 1. The molecule has 16 heavy (non-hydrogen) atoms.